The van der Waals surface area contributed by atoms with Crippen LogP contribution in [0.3, 0.4) is 0 Å². The van der Waals surface area contributed by atoms with E-state index in [1.165, 1.54) is 18.5 Å². The second-order valence-electron chi connectivity index (χ2n) is 3.16. The van der Waals surface area contributed by atoms with E-state index < -0.39 is 0 Å². The van der Waals surface area contributed by atoms with Gasteiger partial charge in [-0.1, -0.05) is 0 Å². The van der Waals surface area contributed by atoms with E-state index in [4.69, 9.17) is 5.84 Å². The molecule has 0 amide bonds. The lowest BCUT2D eigenvalue weighted by Crippen LogP contribution is -2.10. The van der Waals surface area contributed by atoms with Crippen molar-refractivity contribution in [1.82, 2.24) is 9.97 Å². The SMILES string of the molecule is NNc1ncnc(Nc2ccc(F)cc2)c1Br. The Morgan fingerprint density at radius 2 is 1.76 bits per heavy atom. The van der Waals surface area contributed by atoms with Crippen LogP contribution in [0, 0.1) is 5.82 Å². The molecular weight excluding hydrogens is 289 g/mol. The van der Waals surface area contributed by atoms with Crippen molar-refractivity contribution in [2.75, 3.05) is 10.7 Å². The minimum Gasteiger partial charge on any atom is -0.339 e. The number of nitrogens with zero attached hydrogens (tertiary/aromatic N) is 2. The van der Waals surface area contributed by atoms with Crippen LogP contribution in [0.2, 0.25) is 0 Å². The molecule has 0 saturated heterocycles. The lowest BCUT2D eigenvalue weighted by Gasteiger charge is -2.09. The third kappa shape index (κ3) is 2.69. The van der Waals surface area contributed by atoms with E-state index in [1.54, 1.807) is 12.1 Å². The second-order valence-corrected chi connectivity index (χ2v) is 3.95. The molecule has 0 aliphatic heterocycles. The molecule has 2 aromatic rings. The van der Waals surface area contributed by atoms with Gasteiger partial charge in [-0.25, -0.2) is 20.2 Å². The number of nitrogens with two attached hydrogens (primary N) is 1. The number of halogens is 2. The van der Waals surface area contributed by atoms with E-state index in [9.17, 15) is 4.39 Å². The Bertz CT molecular complexity index is 517. The maximum absolute atomic E-state index is 12.7. The summed E-state index contributed by atoms with van der Waals surface area (Å²) in [5, 5.41) is 3.01. The van der Waals surface area contributed by atoms with Gasteiger partial charge < -0.3 is 10.7 Å². The van der Waals surface area contributed by atoms with Crippen LogP contribution in [-0.2, 0) is 0 Å². The van der Waals surface area contributed by atoms with Gasteiger partial charge in [0.15, 0.2) is 5.82 Å². The highest BCUT2D eigenvalue weighted by molar-refractivity contribution is 9.10. The second kappa shape index (κ2) is 5.07. The summed E-state index contributed by atoms with van der Waals surface area (Å²) in [6.45, 7) is 0. The summed E-state index contributed by atoms with van der Waals surface area (Å²) in [6.07, 6.45) is 1.37. The fourth-order valence-electron chi connectivity index (χ4n) is 1.23. The molecule has 0 unspecified atom stereocenters. The van der Waals surface area contributed by atoms with Gasteiger partial charge in [-0.2, -0.15) is 0 Å². The van der Waals surface area contributed by atoms with Crippen LogP contribution in [0.25, 0.3) is 0 Å². The zero-order valence-electron chi connectivity index (χ0n) is 8.61. The van der Waals surface area contributed by atoms with Crippen molar-refractivity contribution in [3.63, 3.8) is 0 Å². The van der Waals surface area contributed by atoms with Gasteiger partial charge >= 0.3 is 0 Å². The van der Waals surface area contributed by atoms with Crippen LogP contribution in [0.5, 0.6) is 0 Å². The summed E-state index contributed by atoms with van der Waals surface area (Å²) in [5.41, 5.74) is 3.15. The normalized spacial score (nSPS) is 10.1. The first-order valence-corrected chi connectivity index (χ1v) is 5.49. The molecule has 4 N–H and O–H groups in total. The third-order valence-corrected chi connectivity index (χ3v) is 2.78. The molecule has 0 aliphatic carbocycles. The molecule has 1 heterocycles. The Kier molecular flexibility index (Phi) is 3.50. The molecule has 88 valence electrons. The van der Waals surface area contributed by atoms with E-state index in [0.29, 0.717) is 21.8 Å². The Balaban J connectivity index is 2.27. The number of nitrogens with one attached hydrogen (secondary N) is 2. The molecular formula is C10H9BrFN5. The van der Waals surface area contributed by atoms with Gasteiger partial charge in [0.05, 0.1) is 0 Å². The topological polar surface area (TPSA) is 75.9 Å². The van der Waals surface area contributed by atoms with Crippen molar-refractivity contribution in [1.29, 1.82) is 0 Å². The molecule has 1 aromatic heterocycles. The maximum atomic E-state index is 12.7. The average Bonchev–Trinajstić information content (AvgIpc) is 2.35. The Hall–Kier alpha value is -1.73. The summed E-state index contributed by atoms with van der Waals surface area (Å²) < 4.78 is 13.3. The fourth-order valence-corrected chi connectivity index (χ4v) is 1.65. The van der Waals surface area contributed by atoms with Gasteiger partial charge in [0.2, 0.25) is 0 Å². The molecule has 2 rings (SSSR count). The Morgan fingerprint density at radius 1 is 1.12 bits per heavy atom. The van der Waals surface area contributed by atoms with Crippen molar-refractivity contribution in [2.24, 2.45) is 5.84 Å². The van der Waals surface area contributed by atoms with Gasteiger partial charge in [0.1, 0.15) is 22.4 Å². The lowest BCUT2D eigenvalue weighted by molar-refractivity contribution is 0.628. The number of benzene rings is 1. The minimum atomic E-state index is -0.290. The van der Waals surface area contributed by atoms with Gasteiger partial charge in [-0.05, 0) is 40.2 Å². The number of hydrogen-bond donors (Lipinski definition) is 3. The third-order valence-electron chi connectivity index (χ3n) is 2.03. The maximum Gasteiger partial charge on any atom is 0.159 e. The number of anilines is 3. The first kappa shape index (κ1) is 11.7. The Morgan fingerprint density at radius 3 is 2.41 bits per heavy atom. The predicted octanol–water partition coefficient (Wildman–Crippen LogP) is 2.41. The smallest absolute Gasteiger partial charge is 0.159 e. The van der Waals surface area contributed by atoms with Gasteiger partial charge in [-0.3, -0.25) is 0 Å². The molecule has 0 atom stereocenters. The highest BCUT2D eigenvalue weighted by atomic mass is 79.9. The zero-order chi connectivity index (χ0) is 12.3. The van der Waals surface area contributed by atoms with E-state index in [0.717, 1.165) is 0 Å². The molecule has 17 heavy (non-hydrogen) atoms. The van der Waals surface area contributed by atoms with Crippen molar-refractivity contribution in [3.8, 4) is 0 Å². The highest BCUT2D eigenvalue weighted by Crippen LogP contribution is 2.28. The molecule has 0 radical (unpaired) electrons. The van der Waals surface area contributed by atoms with Crippen LogP contribution in [0.4, 0.5) is 21.7 Å². The monoisotopic (exact) mass is 297 g/mol. The van der Waals surface area contributed by atoms with Crippen LogP contribution in [-0.4, -0.2) is 9.97 Å². The van der Waals surface area contributed by atoms with Gasteiger partial charge in [0, 0.05) is 5.69 Å². The van der Waals surface area contributed by atoms with E-state index in [1.807, 2.05) is 0 Å². The van der Waals surface area contributed by atoms with Crippen molar-refractivity contribution >= 4 is 33.3 Å². The summed E-state index contributed by atoms with van der Waals surface area (Å²) in [6, 6.07) is 5.94. The molecule has 0 spiro atoms. The van der Waals surface area contributed by atoms with Crippen LogP contribution in [0.1, 0.15) is 0 Å². The highest BCUT2D eigenvalue weighted by Gasteiger charge is 2.07. The quantitative estimate of drug-likeness (QED) is 0.599. The van der Waals surface area contributed by atoms with E-state index in [-0.39, 0.29) is 5.82 Å². The number of hydrazine groups is 1. The van der Waals surface area contributed by atoms with Crippen LogP contribution >= 0.6 is 15.9 Å². The molecule has 5 nitrogen and oxygen atoms in total. The molecule has 0 bridgehead atoms. The number of aromatic nitrogens is 2. The minimum absolute atomic E-state index is 0.290. The van der Waals surface area contributed by atoms with Gasteiger partial charge in [0.25, 0.3) is 0 Å². The van der Waals surface area contributed by atoms with Gasteiger partial charge in [-0.15, -0.1) is 0 Å². The molecule has 7 heteroatoms. The number of nitrogen functional groups attached to an aromatic ring is 1. The van der Waals surface area contributed by atoms with Crippen LogP contribution in [0.15, 0.2) is 35.1 Å². The lowest BCUT2D eigenvalue weighted by atomic mass is 10.3. The van der Waals surface area contributed by atoms with Crippen molar-refractivity contribution in [3.05, 3.63) is 40.9 Å². The zero-order valence-corrected chi connectivity index (χ0v) is 10.2. The molecule has 0 fully saturated rings. The standard InChI is InChI=1S/C10H9BrFN5/c11-8-9(14-5-15-10(8)17-13)16-7-3-1-6(12)2-4-7/h1-5H,13H2,(H2,14,15,16,17). The molecule has 1 aromatic carbocycles. The fraction of sp³-hybridized carbons (Fsp3) is 0. The predicted molar refractivity (Wildman–Crippen MR) is 67.2 cm³/mol. The van der Waals surface area contributed by atoms with E-state index >= 15 is 0 Å². The number of hydrogen-bond acceptors (Lipinski definition) is 5. The summed E-state index contributed by atoms with van der Waals surface area (Å²) >= 11 is 3.31. The van der Waals surface area contributed by atoms with E-state index in [2.05, 4.69) is 36.6 Å². The number of rotatable bonds is 3. The van der Waals surface area contributed by atoms with Crippen molar-refractivity contribution in [2.45, 2.75) is 0 Å². The summed E-state index contributed by atoms with van der Waals surface area (Å²) in [4.78, 5) is 7.97. The van der Waals surface area contributed by atoms with Crippen molar-refractivity contribution < 1.29 is 4.39 Å². The first-order valence-electron chi connectivity index (χ1n) is 4.70. The molecule has 0 aliphatic rings. The first-order chi connectivity index (χ1) is 8.20. The average molecular weight is 298 g/mol. The molecule has 0 saturated carbocycles. The van der Waals surface area contributed by atoms with Crippen LogP contribution < -0.4 is 16.6 Å². The Labute approximate surface area is 105 Å². The summed E-state index contributed by atoms with van der Waals surface area (Å²) in [7, 11) is 0. The summed E-state index contributed by atoms with van der Waals surface area (Å²) in [5.74, 6) is 6.00. The largest absolute Gasteiger partial charge is 0.339 e.